The Morgan fingerprint density at radius 2 is 2.16 bits per heavy atom. The predicted molar refractivity (Wildman–Crippen MR) is 77.5 cm³/mol. The van der Waals surface area contributed by atoms with Gasteiger partial charge in [-0.05, 0) is 55.6 Å². The van der Waals surface area contributed by atoms with Crippen LogP contribution in [-0.2, 0) is 6.42 Å². The summed E-state index contributed by atoms with van der Waals surface area (Å²) in [6, 6.07) is 6.22. The van der Waals surface area contributed by atoms with Crippen molar-refractivity contribution in [2.75, 3.05) is 20.7 Å². The van der Waals surface area contributed by atoms with Gasteiger partial charge in [0.25, 0.3) is 0 Å². The van der Waals surface area contributed by atoms with Crippen LogP contribution in [0.1, 0.15) is 37.5 Å². The molecule has 3 heteroatoms. The monoisotopic (exact) mass is 263 g/mol. The SMILES string of the molecule is COc1ccc2c(c1)C(O)C(N(C)CCC(C)C)C2. The van der Waals surface area contributed by atoms with E-state index >= 15 is 0 Å². The maximum absolute atomic E-state index is 10.5. The molecule has 1 aliphatic rings. The molecule has 2 rings (SSSR count). The number of benzene rings is 1. The lowest BCUT2D eigenvalue weighted by molar-refractivity contribution is 0.0735. The van der Waals surface area contributed by atoms with Crippen LogP contribution in [0.5, 0.6) is 5.75 Å². The number of ether oxygens (including phenoxy) is 1. The van der Waals surface area contributed by atoms with E-state index in [4.69, 9.17) is 4.74 Å². The van der Waals surface area contributed by atoms with Crippen LogP contribution in [-0.4, -0.2) is 36.8 Å². The highest BCUT2D eigenvalue weighted by Crippen LogP contribution is 2.36. The van der Waals surface area contributed by atoms with Gasteiger partial charge >= 0.3 is 0 Å². The topological polar surface area (TPSA) is 32.7 Å². The lowest BCUT2D eigenvalue weighted by atomic mass is 10.1. The summed E-state index contributed by atoms with van der Waals surface area (Å²) < 4.78 is 5.24. The molecule has 1 aromatic rings. The molecule has 106 valence electrons. The average molecular weight is 263 g/mol. The molecule has 0 bridgehead atoms. The van der Waals surface area contributed by atoms with Crippen molar-refractivity contribution in [3.8, 4) is 5.75 Å². The molecule has 0 fully saturated rings. The molecule has 0 radical (unpaired) electrons. The first-order valence-corrected chi connectivity index (χ1v) is 7.08. The Bertz CT molecular complexity index is 431. The summed E-state index contributed by atoms with van der Waals surface area (Å²) in [7, 11) is 3.77. The minimum Gasteiger partial charge on any atom is -0.497 e. The zero-order chi connectivity index (χ0) is 14.0. The van der Waals surface area contributed by atoms with E-state index in [1.165, 1.54) is 12.0 Å². The first kappa shape index (κ1) is 14.4. The first-order valence-electron chi connectivity index (χ1n) is 7.08. The van der Waals surface area contributed by atoms with Gasteiger partial charge in [0.05, 0.1) is 13.2 Å². The van der Waals surface area contributed by atoms with E-state index in [0.29, 0.717) is 5.92 Å². The maximum Gasteiger partial charge on any atom is 0.119 e. The van der Waals surface area contributed by atoms with E-state index in [-0.39, 0.29) is 6.04 Å². The summed E-state index contributed by atoms with van der Waals surface area (Å²) >= 11 is 0. The van der Waals surface area contributed by atoms with Gasteiger partial charge in [-0.2, -0.15) is 0 Å². The number of hydrogen-bond acceptors (Lipinski definition) is 3. The van der Waals surface area contributed by atoms with Crippen LogP contribution >= 0.6 is 0 Å². The summed E-state index contributed by atoms with van der Waals surface area (Å²) in [6.07, 6.45) is 1.69. The Kier molecular flexibility index (Phi) is 4.48. The highest BCUT2D eigenvalue weighted by molar-refractivity contribution is 5.41. The van der Waals surface area contributed by atoms with Gasteiger partial charge in [0.1, 0.15) is 5.75 Å². The van der Waals surface area contributed by atoms with Crippen LogP contribution in [0.3, 0.4) is 0 Å². The Labute approximate surface area is 116 Å². The summed E-state index contributed by atoms with van der Waals surface area (Å²) in [6.45, 7) is 5.50. The van der Waals surface area contributed by atoms with E-state index in [1.54, 1.807) is 7.11 Å². The second-order valence-electron chi connectivity index (χ2n) is 5.94. The Hall–Kier alpha value is -1.06. The fourth-order valence-electron chi connectivity index (χ4n) is 2.73. The van der Waals surface area contributed by atoms with Crippen LogP contribution in [0.4, 0.5) is 0 Å². The molecule has 1 N–H and O–H groups in total. The average Bonchev–Trinajstić information content (AvgIpc) is 2.73. The van der Waals surface area contributed by atoms with Crippen LogP contribution < -0.4 is 4.74 Å². The molecule has 0 amide bonds. The lowest BCUT2D eigenvalue weighted by Crippen LogP contribution is -2.36. The van der Waals surface area contributed by atoms with Crippen LogP contribution in [0, 0.1) is 5.92 Å². The molecule has 0 saturated carbocycles. The van der Waals surface area contributed by atoms with Gasteiger partial charge < -0.3 is 14.7 Å². The standard InChI is InChI=1S/C16H25NO2/c1-11(2)7-8-17(3)15-9-12-5-6-13(19-4)10-14(12)16(15)18/h5-6,10-11,15-16,18H,7-9H2,1-4H3. The van der Waals surface area contributed by atoms with Gasteiger partial charge in [-0.1, -0.05) is 19.9 Å². The van der Waals surface area contributed by atoms with Crippen molar-refractivity contribution in [2.24, 2.45) is 5.92 Å². The van der Waals surface area contributed by atoms with Crippen molar-refractivity contribution in [1.82, 2.24) is 4.90 Å². The van der Waals surface area contributed by atoms with E-state index < -0.39 is 6.10 Å². The highest BCUT2D eigenvalue weighted by atomic mass is 16.5. The van der Waals surface area contributed by atoms with E-state index in [9.17, 15) is 5.11 Å². The van der Waals surface area contributed by atoms with Crippen molar-refractivity contribution in [3.05, 3.63) is 29.3 Å². The van der Waals surface area contributed by atoms with Gasteiger partial charge in [0, 0.05) is 6.04 Å². The lowest BCUT2D eigenvalue weighted by Gasteiger charge is -2.27. The van der Waals surface area contributed by atoms with E-state index in [0.717, 1.165) is 24.3 Å². The Morgan fingerprint density at radius 1 is 1.42 bits per heavy atom. The van der Waals surface area contributed by atoms with E-state index in [2.05, 4.69) is 31.9 Å². The number of fused-ring (bicyclic) bond motifs is 1. The Morgan fingerprint density at radius 3 is 2.79 bits per heavy atom. The molecule has 0 heterocycles. The third kappa shape index (κ3) is 3.10. The highest BCUT2D eigenvalue weighted by Gasteiger charge is 2.33. The minimum atomic E-state index is -0.401. The molecule has 0 aromatic heterocycles. The summed E-state index contributed by atoms with van der Waals surface area (Å²) in [5.74, 6) is 1.52. The molecule has 19 heavy (non-hydrogen) atoms. The normalized spacial score (nSPS) is 22.1. The van der Waals surface area contributed by atoms with E-state index in [1.807, 2.05) is 12.1 Å². The largest absolute Gasteiger partial charge is 0.497 e. The molecule has 2 atom stereocenters. The van der Waals surface area contributed by atoms with Crippen molar-refractivity contribution >= 4 is 0 Å². The van der Waals surface area contributed by atoms with Crippen molar-refractivity contribution in [3.63, 3.8) is 0 Å². The van der Waals surface area contributed by atoms with Gasteiger partial charge in [-0.25, -0.2) is 0 Å². The molecule has 0 aliphatic heterocycles. The molecule has 0 saturated heterocycles. The maximum atomic E-state index is 10.5. The molecular formula is C16H25NO2. The predicted octanol–water partition coefficient (Wildman–Crippen LogP) is 2.63. The van der Waals surface area contributed by atoms with Crippen molar-refractivity contribution in [1.29, 1.82) is 0 Å². The molecule has 2 unspecified atom stereocenters. The smallest absolute Gasteiger partial charge is 0.119 e. The van der Waals surface area contributed by atoms with Crippen molar-refractivity contribution < 1.29 is 9.84 Å². The fraction of sp³-hybridized carbons (Fsp3) is 0.625. The molecule has 3 nitrogen and oxygen atoms in total. The van der Waals surface area contributed by atoms with Gasteiger partial charge in [0.15, 0.2) is 0 Å². The number of aliphatic hydroxyl groups excluding tert-OH is 1. The summed E-state index contributed by atoms with van der Waals surface area (Å²) in [5.41, 5.74) is 2.27. The quantitative estimate of drug-likeness (QED) is 0.886. The Balaban J connectivity index is 2.07. The molecule has 1 aromatic carbocycles. The van der Waals surface area contributed by atoms with Gasteiger partial charge in [0.2, 0.25) is 0 Å². The number of hydrogen-bond donors (Lipinski definition) is 1. The third-order valence-corrected chi connectivity index (χ3v) is 4.09. The molecule has 1 aliphatic carbocycles. The first-order chi connectivity index (χ1) is 9.02. The van der Waals surface area contributed by atoms with Gasteiger partial charge in [-0.3, -0.25) is 0 Å². The minimum absolute atomic E-state index is 0.195. The molecular weight excluding hydrogens is 238 g/mol. The fourth-order valence-corrected chi connectivity index (χ4v) is 2.73. The third-order valence-electron chi connectivity index (χ3n) is 4.09. The number of likely N-dealkylation sites (N-methyl/N-ethyl adjacent to an activating group) is 1. The van der Waals surface area contributed by atoms with Crippen LogP contribution in [0.2, 0.25) is 0 Å². The second kappa shape index (κ2) is 5.93. The number of rotatable bonds is 5. The van der Waals surface area contributed by atoms with Crippen LogP contribution in [0.25, 0.3) is 0 Å². The number of methoxy groups -OCH3 is 1. The summed E-state index contributed by atoms with van der Waals surface area (Å²) in [5, 5.41) is 10.5. The van der Waals surface area contributed by atoms with Crippen molar-refractivity contribution in [2.45, 2.75) is 38.8 Å². The summed E-state index contributed by atoms with van der Waals surface area (Å²) in [4.78, 5) is 2.29. The number of nitrogens with zero attached hydrogens (tertiary/aromatic N) is 1. The zero-order valence-corrected chi connectivity index (χ0v) is 12.4. The van der Waals surface area contributed by atoms with Gasteiger partial charge in [-0.15, -0.1) is 0 Å². The second-order valence-corrected chi connectivity index (χ2v) is 5.94. The number of aliphatic hydroxyl groups is 1. The zero-order valence-electron chi connectivity index (χ0n) is 12.4. The molecule has 0 spiro atoms. The van der Waals surface area contributed by atoms with Crippen LogP contribution in [0.15, 0.2) is 18.2 Å².